The minimum absolute atomic E-state index is 0.0124. The number of rotatable bonds is 16. The number of β-amino-alcohol motifs (C(OH)–C–C–N with tert-alkyl or cyclic N) is 1. The van der Waals surface area contributed by atoms with Gasteiger partial charge in [-0.1, -0.05) is 57.0 Å². The summed E-state index contributed by atoms with van der Waals surface area (Å²) in [7, 11) is 0. The van der Waals surface area contributed by atoms with E-state index in [-0.39, 0.29) is 106 Å². The summed E-state index contributed by atoms with van der Waals surface area (Å²) in [5, 5.41) is 33.5. The average molecular weight is 1100 g/mol. The number of piperazine rings is 1. The number of carbonyl (C=O) groups is 2. The average Bonchev–Trinajstić information content (AvgIpc) is 4.42. The Morgan fingerprint density at radius 1 is 1.01 bits per heavy atom. The second-order valence-electron chi connectivity index (χ2n) is 22.3. The van der Waals surface area contributed by atoms with Crippen LogP contribution in [-0.4, -0.2) is 134 Å². The molecule has 8 heterocycles. The number of hydrogen-bond acceptors (Lipinski definition) is 16. The zero-order valence-corrected chi connectivity index (χ0v) is 45.7. The highest BCUT2D eigenvalue weighted by Gasteiger charge is 2.44. The van der Waals surface area contributed by atoms with Crippen LogP contribution in [0.2, 0.25) is 0 Å². The number of pyridine rings is 1. The molecule has 0 radical (unpaired) electrons. The zero-order chi connectivity index (χ0) is 55.3. The Morgan fingerprint density at radius 3 is 2.48 bits per heavy atom. The molecule has 0 aliphatic carbocycles. The number of terminal acetylenes is 1. The molecule has 11 rings (SSSR count). The smallest absolute Gasteiger partial charge is 0.319 e. The summed E-state index contributed by atoms with van der Waals surface area (Å²) in [6.07, 6.45) is 10.2. The van der Waals surface area contributed by atoms with Crippen LogP contribution in [0.25, 0.3) is 43.4 Å². The highest BCUT2D eigenvalue weighted by molar-refractivity contribution is 7.13. The van der Waals surface area contributed by atoms with Crippen LogP contribution in [0.1, 0.15) is 94.3 Å². The molecule has 3 aromatic carbocycles. The van der Waals surface area contributed by atoms with Crippen molar-refractivity contribution in [2.24, 2.45) is 11.3 Å². The molecular formula is C59H64F2N10O7S. The number of nitrogens with zero attached hydrogens (tertiary/aromatic N) is 8. The number of carbonyl (C=O) groups excluding carboxylic acids is 2. The van der Waals surface area contributed by atoms with Gasteiger partial charge in [0, 0.05) is 73.3 Å². The number of halogens is 2. The number of aromatic nitrogens is 5. The number of likely N-dealkylation sites (tertiary alicyclic amines) is 2. The molecule has 2 bridgehead atoms. The van der Waals surface area contributed by atoms with E-state index in [4.69, 9.17) is 25.4 Å². The molecule has 2 amide bonds. The van der Waals surface area contributed by atoms with E-state index in [2.05, 4.69) is 53.4 Å². The van der Waals surface area contributed by atoms with Crippen molar-refractivity contribution in [3.05, 3.63) is 101 Å². The van der Waals surface area contributed by atoms with Crippen molar-refractivity contribution in [1.82, 2.24) is 45.5 Å². The number of piperidine rings is 1. The summed E-state index contributed by atoms with van der Waals surface area (Å²) < 4.78 is 50.5. The van der Waals surface area contributed by atoms with Gasteiger partial charge in [0.1, 0.15) is 47.2 Å². The van der Waals surface area contributed by atoms with Crippen LogP contribution in [0.5, 0.6) is 17.6 Å². The molecule has 17 nitrogen and oxygen atoms in total. The molecule has 412 valence electrons. The molecule has 4 aromatic heterocycles. The lowest BCUT2D eigenvalue weighted by Crippen LogP contribution is -2.51. The molecule has 0 spiro atoms. The second kappa shape index (κ2) is 22.1. The van der Waals surface area contributed by atoms with Gasteiger partial charge in [0.2, 0.25) is 11.8 Å². The first-order valence-corrected chi connectivity index (χ1v) is 27.9. The second-order valence-corrected chi connectivity index (χ2v) is 23.2. The molecule has 0 saturated carbocycles. The first kappa shape index (κ1) is 53.7. The number of aliphatic hydroxyl groups excluding tert-OH is 1. The maximum atomic E-state index is 17.1. The Kier molecular flexibility index (Phi) is 15.0. The van der Waals surface area contributed by atoms with Crippen molar-refractivity contribution in [3.63, 3.8) is 0 Å². The first-order chi connectivity index (χ1) is 38.0. The number of anilines is 1. The summed E-state index contributed by atoms with van der Waals surface area (Å²) in [5.41, 5.74) is 4.45. The number of thiazole rings is 1. The van der Waals surface area contributed by atoms with Crippen molar-refractivity contribution in [3.8, 4) is 51.7 Å². The molecule has 4 aliphatic rings. The number of ether oxygens (including phenoxy) is 2. The number of phenolic OH excluding ortho intramolecular Hbond substituents is 1. The van der Waals surface area contributed by atoms with Gasteiger partial charge in [-0.05, 0) is 98.4 Å². The molecule has 4 saturated heterocycles. The maximum Gasteiger partial charge on any atom is 0.319 e. The number of nitrogens with one attached hydrogen (secondary N) is 2. The van der Waals surface area contributed by atoms with Gasteiger partial charge in [-0.3, -0.25) is 19.5 Å². The normalized spacial score (nSPS) is 20.9. The van der Waals surface area contributed by atoms with Gasteiger partial charge in [0.15, 0.2) is 11.6 Å². The molecule has 2 unspecified atom stereocenters. The summed E-state index contributed by atoms with van der Waals surface area (Å²) in [5.74, 6) is 0.233. The van der Waals surface area contributed by atoms with Crippen molar-refractivity contribution in [1.29, 1.82) is 0 Å². The van der Waals surface area contributed by atoms with E-state index in [0.29, 0.717) is 48.6 Å². The van der Waals surface area contributed by atoms with E-state index in [0.717, 1.165) is 60.5 Å². The van der Waals surface area contributed by atoms with E-state index >= 15 is 8.78 Å². The van der Waals surface area contributed by atoms with Crippen LogP contribution >= 0.6 is 11.3 Å². The van der Waals surface area contributed by atoms with Crippen LogP contribution in [-0.2, 0) is 9.59 Å². The number of aromatic hydroxyl groups is 1. The van der Waals surface area contributed by atoms with Crippen LogP contribution in [0, 0.1) is 42.2 Å². The van der Waals surface area contributed by atoms with E-state index in [1.165, 1.54) is 35.4 Å². The lowest BCUT2D eigenvalue weighted by Gasteiger charge is -2.38. The monoisotopic (exact) mass is 1090 g/mol. The Bertz CT molecular complexity index is 3460. The third-order valence-electron chi connectivity index (χ3n) is 16.3. The molecule has 4 aliphatic heterocycles. The van der Waals surface area contributed by atoms with Crippen molar-refractivity contribution in [2.45, 2.75) is 103 Å². The third-order valence-corrected chi connectivity index (χ3v) is 17.2. The van der Waals surface area contributed by atoms with Gasteiger partial charge >= 0.3 is 6.01 Å². The fourth-order valence-electron chi connectivity index (χ4n) is 11.8. The Balaban J connectivity index is 0.716. The number of amides is 2. The van der Waals surface area contributed by atoms with Gasteiger partial charge in [0.05, 0.1) is 45.8 Å². The van der Waals surface area contributed by atoms with E-state index in [1.54, 1.807) is 17.4 Å². The molecule has 20 heteroatoms. The Hall–Kier alpha value is -7.31. The molecule has 6 atom stereocenters. The zero-order valence-electron chi connectivity index (χ0n) is 44.8. The van der Waals surface area contributed by atoms with E-state index in [1.807, 2.05) is 57.5 Å². The molecule has 4 N–H and O–H groups in total. The lowest BCUT2D eigenvalue weighted by atomic mass is 9.81. The van der Waals surface area contributed by atoms with Crippen molar-refractivity contribution in [2.75, 3.05) is 57.4 Å². The van der Waals surface area contributed by atoms with Crippen molar-refractivity contribution < 1.29 is 42.6 Å². The quantitative estimate of drug-likeness (QED) is 0.0672. The predicted octanol–water partition coefficient (Wildman–Crippen LogP) is 8.31. The number of aryl methyl sites for hydroxylation is 1. The Morgan fingerprint density at radius 2 is 1.77 bits per heavy atom. The van der Waals surface area contributed by atoms with Crippen LogP contribution in [0.4, 0.5) is 14.6 Å². The predicted molar refractivity (Wildman–Crippen MR) is 296 cm³/mol. The minimum atomic E-state index is -0.867. The van der Waals surface area contributed by atoms with E-state index in [9.17, 15) is 19.8 Å². The number of hydrogen-bond donors (Lipinski definition) is 4. The van der Waals surface area contributed by atoms with Crippen LogP contribution in [0.15, 0.2) is 70.8 Å². The van der Waals surface area contributed by atoms with Gasteiger partial charge < -0.3 is 44.6 Å². The number of phenols is 1. The fourth-order valence-corrected chi connectivity index (χ4v) is 12.6. The Labute approximate surface area is 460 Å². The molecule has 7 aromatic rings. The topological polar surface area (TPSA) is 204 Å². The third kappa shape index (κ3) is 10.9. The van der Waals surface area contributed by atoms with Gasteiger partial charge in [0.25, 0.3) is 5.88 Å². The van der Waals surface area contributed by atoms with E-state index < -0.39 is 29.7 Å². The molecule has 4 fully saturated rings. The fraction of sp³-hybridized carbons (Fsp3) is 0.441. The van der Waals surface area contributed by atoms with Gasteiger partial charge in [-0.25, -0.2) is 13.8 Å². The van der Waals surface area contributed by atoms with Gasteiger partial charge in [-0.15, -0.1) is 17.8 Å². The number of fused-ring (bicyclic) bond motifs is 4. The number of aliphatic hydroxyl groups is 1. The molecular weight excluding hydrogens is 1030 g/mol. The SMILES string of the molecule is C#Cc1c(F)ccc2cc(O)cc(-c3ncc4c(N5CC6CCC(C5)N6)nc(OCCN5CCC(C)(COc6cc([C@H](C(=O)N7C[C@H](O)C[C@H]7C(=O)N[C@@H](C)c7ccc(-c8scnc8C)cc7)C(C)C)on6)CC5)nc4c3F)c12. The largest absolute Gasteiger partial charge is 0.508 e. The van der Waals surface area contributed by atoms with Crippen LogP contribution < -0.4 is 25.0 Å². The van der Waals surface area contributed by atoms with Crippen molar-refractivity contribution >= 4 is 50.6 Å². The number of benzene rings is 3. The molecule has 79 heavy (non-hydrogen) atoms. The lowest BCUT2D eigenvalue weighted by molar-refractivity contribution is -0.141. The minimum Gasteiger partial charge on any atom is -0.508 e. The first-order valence-electron chi connectivity index (χ1n) is 27.1. The van der Waals surface area contributed by atoms with Crippen LogP contribution in [0.3, 0.4) is 0 Å². The summed E-state index contributed by atoms with van der Waals surface area (Å²) in [6.45, 7) is 13.9. The standard InChI is InChI=1S/C59H64F2N10O7S/c1-7-42-45(60)15-12-37-22-40(72)23-43(50(37)42)52-51(61)53-44(26-62-52)55(70-27-38-13-14-39(28-70)65-38)67-58(66-53)76-21-20-69-18-16-59(6,17-19-69)30-77-48-25-47(78-68-48)49(32(2)3)57(75)71-29-41(73)24-46(71)56(74)64-33(4)35-8-10-36(11-9-35)54-34(5)63-31-79-54/h1,8-12,15,22-23,25-26,31-33,38-39,41,46,49,65,72-73H,13-14,16-21,24,27-30H2,2-6H3,(H,64,74)/t33-,38?,39?,41+,46-,49+/m0/s1. The summed E-state index contributed by atoms with van der Waals surface area (Å²) >= 11 is 1.58. The van der Waals surface area contributed by atoms with Gasteiger partial charge in [-0.2, -0.15) is 9.97 Å². The highest BCUT2D eigenvalue weighted by Crippen LogP contribution is 2.41. The maximum absolute atomic E-state index is 17.1. The highest BCUT2D eigenvalue weighted by atomic mass is 32.1. The summed E-state index contributed by atoms with van der Waals surface area (Å²) in [6, 6.07) is 14.4. The summed E-state index contributed by atoms with van der Waals surface area (Å²) in [4.78, 5) is 53.6.